The van der Waals surface area contributed by atoms with Crippen molar-refractivity contribution in [2.45, 2.75) is 65.9 Å². The van der Waals surface area contributed by atoms with Gasteiger partial charge in [-0.25, -0.2) is 4.79 Å². The molecule has 0 radical (unpaired) electrons. The van der Waals surface area contributed by atoms with E-state index in [-0.39, 0.29) is 24.0 Å². The van der Waals surface area contributed by atoms with Crippen LogP contribution in [0.1, 0.15) is 59.4 Å². The summed E-state index contributed by atoms with van der Waals surface area (Å²) in [6.45, 7) is 13.7. The summed E-state index contributed by atoms with van der Waals surface area (Å²) in [7, 11) is 0. The van der Waals surface area contributed by atoms with Crippen molar-refractivity contribution in [3.05, 3.63) is 29.8 Å². The second kappa shape index (κ2) is 13.9. The van der Waals surface area contributed by atoms with Crippen LogP contribution in [0.2, 0.25) is 0 Å². The quantitative estimate of drug-likeness (QED) is 0.154. The van der Waals surface area contributed by atoms with Crippen LogP contribution in [0.5, 0.6) is 0 Å². The molecule has 2 rings (SSSR count). The van der Waals surface area contributed by atoms with Gasteiger partial charge < -0.3 is 20.1 Å². The number of anilines is 1. The van der Waals surface area contributed by atoms with Crippen LogP contribution in [0.3, 0.4) is 0 Å². The van der Waals surface area contributed by atoms with E-state index in [4.69, 9.17) is 14.5 Å². The Balaban J connectivity index is 0.00000512. The van der Waals surface area contributed by atoms with Crippen molar-refractivity contribution in [2.24, 2.45) is 10.4 Å². The molecule has 0 aliphatic heterocycles. The number of halogens is 1. The van der Waals surface area contributed by atoms with Crippen LogP contribution < -0.4 is 16.0 Å². The highest BCUT2D eigenvalue weighted by Gasteiger charge is 2.41. The number of ether oxygens (including phenoxy) is 2. The van der Waals surface area contributed by atoms with Crippen LogP contribution in [0, 0.1) is 5.41 Å². The number of guanidine groups is 1. The van der Waals surface area contributed by atoms with Gasteiger partial charge in [-0.15, -0.1) is 24.0 Å². The molecule has 0 saturated heterocycles. The van der Waals surface area contributed by atoms with E-state index in [1.807, 2.05) is 52.0 Å². The van der Waals surface area contributed by atoms with Gasteiger partial charge in [-0.05, 0) is 83.4 Å². The minimum Gasteiger partial charge on any atom is -0.444 e. The SMILES string of the molecule is CCNC(=NCC1(CCOCC)CC1)NCCc1ccc(NC(=O)OC(C)(C)C)cc1.I. The van der Waals surface area contributed by atoms with Crippen LogP contribution in [0.15, 0.2) is 29.3 Å². The summed E-state index contributed by atoms with van der Waals surface area (Å²) in [5.41, 5.74) is 1.74. The van der Waals surface area contributed by atoms with Crippen LogP contribution in [0.25, 0.3) is 0 Å². The molecular weight excluding hydrogens is 519 g/mol. The molecule has 1 aliphatic rings. The standard InChI is InChI=1S/C24H40N4O3.HI/c1-6-25-21(27-18-24(13-14-24)15-17-30-7-2)26-16-12-19-8-10-20(11-9-19)28-22(29)31-23(3,4)5;/h8-11H,6-7,12-18H2,1-5H3,(H,28,29)(H2,25,26,27);1H. The Morgan fingerprint density at radius 2 is 1.81 bits per heavy atom. The molecule has 1 amide bonds. The lowest BCUT2D eigenvalue weighted by Gasteiger charge is -2.19. The van der Waals surface area contributed by atoms with Crippen molar-refractivity contribution in [2.75, 3.05) is 38.2 Å². The smallest absolute Gasteiger partial charge is 0.412 e. The number of hydrogen-bond donors (Lipinski definition) is 3. The van der Waals surface area contributed by atoms with Gasteiger partial charge in [-0.2, -0.15) is 0 Å². The Hall–Kier alpha value is -1.55. The van der Waals surface area contributed by atoms with E-state index in [2.05, 4.69) is 22.9 Å². The van der Waals surface area contributed by atoms with Gasteiger partial charge in [0.2, 0.25) is 0 Å². The van der Waals surface area contributed by atoms with Crippen LogP contribution in [-0.2, 0) is 15.9 Å². The third kappa shape index (κ3) is 11.4. The fourth-order valence-electron chi connectivity index (χ4n) is 3.19. The molecule has 1 aromatic rings. The maximum absolute atomic E-state index is 11.9. The van der Waals surface area contributed by atoms with Gasteiger partial charge in [0.1, 0.15) is 5.60 Å². The van der Waals surface area contributed by atoms with Gasteiger partial charge in [0.05, 0.1) is 0 Å². The molecule has 0 spiro atoms. The minimum atomic E-state index is -0.510. The Morgan fingerprint density at radius 1 is 1.12 bits per heavy atom. The summed E-state index contributed by atoms with van der Waals surface area (Å²) < 4.78 is 10.8. The number of nitrogens with zero attached hydrogens (tertiary/aromatic N) is 1. The second-order valence-electron chi connectivity index (χ2n) is 9.14. The third-order valence-corrected chi connectivity index (χ3v) is 5.16. The van der Waals surface area contributed by atoms with Gasteiger partial charge in [0, 0.05) is 38.5 Å². The summed E-state index contributed by atoms with van der Waals surface area (Å²) in [4.78, 5) is 16.7. The lowest BCUT2D eigenvalue weighted by atomic mass is 10.0. The third-order valence-electron chi connectivity index (χ3n) is 5.16. The molecule has 0 aromatic heterocycles. The van der Waals surface area contributed by atoms with E-state index in [9.17, 15) is 4.79 Å². The van der Waals surface area contributed by atoms with E-state index in [1.54, 1.807) is 0 Å². The molecule has 0 heterocycles. The summed E-state index contributed by atoms with van der Waals surface area (Å²) >= 11 is 0. The van der Waals surface area contributed by atoms with E-state index >= 15 is 0 Å². The fraction of sp³-hybridized carbons (Fsp3) is 0.667. The predicted molar refractivity (Wildman–Crippen MR) is 142 cm³/mol. The number of rotatable bonds is 11. The number of aliphatic imine (C=N–C) groups is 1. The van der Waals surface area contributed by atoms with Crippen LogP contribution >= 0.6 is 24.0 Å². The first-order valence-corrected chi connectivity index (χ1v) is 11.4. The van der Waals surface area contributed by atoms with E-state index in [1.165, 1.54) is 18.4 Å². The normalized spacial score (nSPS) is 14.8. The van der Waals surface area contributed by atoms with Gasteiger partial charge in [-0.3, -0.25) is 10.3 Å². The number of benzene rings is 1. The number of nitrogens with one attached hydrogen (secondary N) is 3. The summed E-state index contributed by atoms with van der Waals surface area (Å²) in [6, 6.07) is 7.83. The van der Waals surface area contributed by atoms with Gasteiger partial charge in [-0.1, -0.05) is 12.1 Å². The minimum absolute atomic E-state index is 0. The fourth-order valence-corrected chi connectivity index (χ4v) is 3.19. The zero-order valence-electron chi connectivity index (χ0n) is 20.3. The number of carbonyl (C=O) groups is 1. The lowest BCUT2D eigenvalue weighted by Crippen LogP contribution is -2.38. The molecule has 1 fully saturated rings. The van der Waals surface area contributed by atoms with Gasteiger partial charge in [0.25, 0.3) is 0 Å². The zero-order valence-corrected chi connectivity index (χ0v) is 22.6. The molecule has 1 aliphatic carbocycles. The van der Waals surface area contributed by atoms with Crippen molar-refractivity contribution >= 4 is 41.7 Å². The molecule has 0 atom stereocenters. The molecule has 7 nitrogen and oxygen atoms in total. The van der Waals surface area contributed by atoms with Crippen molar-refractivity contribution in [3.63, 3.8) is 0 Å². The van der Waals surface area contributed by atoms with Gasteiger partial charge in [0.15, 0.2) is 5.96 Å². The molecule has 1 aromatic carbocycles. The average Bonchev–Trinajstić information content (AvgIpc) is 3.46. The second-order valence-corrected chi connectivity index (χ2v) is 9.14. The van der Waals surface area contributed by atoms with Crippen molar-refractivity contribution in [1.29, 1.82) is 0 Å². The Kier molecular flexibility index (Phi) is 12.3. The lowest BCUT2D eigenvalue weighted by molar-refractivity contribution is 0.0636. The predicted octanol–water partition coefficient (Wildman–Crippen LogP) is 4.96. The zero-order chi connectivity index (χ0) is 22.7. The topological polar surface area (TPSA) is 84.0 Å². The molecular formula is C24H41IN4O3. The summed E-state index contributed by atoms with van der Waals surface area (Å²) in [6.07, 6.45) is 4.00. The van der Waals surface area contributed by atoms with Crippen molar-refractivity contribution in [3.8, 4) is 0 Å². The Labute approximate surface area is 210 Å². The first-order chi connectivity index (χ1) is 14.8. The summed E-state index contributed by atoms with van der Waals surface area (Å²) in [5.74, 6) is 0.869. The summed E-state index contributed by atoms with van der Waals surface area (Å²) in [5, 5.41) is 9.52. The Morgan fingerprint density at radius 3 is 2.38 bits per heavy atom. The number of hydrogen-bond acceptors (Lipinski definition) is 4. The van der Waals surface area contributed by atoms with Crippen molar-refractivity contribution in [1.82, 2.24) is 10.6 Å². The Bertz CT molecular complexity index is 713. The van der Waals surface area contributed by atoms with E-state index < -0.39 is 11.7 Å². The molecule has 1 saturated carbocycles. The maximum Gasteiger partial charge on any atom is 0.412 e. The van der Waals surface area contributed by atoms with Gasteiger partial charge >= 0.3 is 6.09 Å². The first kappa shape index (κ1) is 28.5. The molecule has 3 N–H and O–H groups in total. The van der Waals surface area contributed by atoms with E-state index in [0.717, 1.165) is 57.3 Å². The molecule has 32 heavy (non-hydrogen) atoms. The molecule has 8 heteroatoms. The highest BCUT2D eigenvalue weighted by molar-refractivity contribution is 14.0. The highest BCUT2D eigenvalue weighted by Crippen LogP contribution is 2.49. The molecule has 0 unspecified atom stereocenters. The van der Waals surface area contributed by atoms with Crippen molar-refractivity contribution < 1.29 is 14.3 Å². The maximum atomic E-state index is 11.9. The average molecular weight is 561 g/mol. The van der Waals surface area contributed by atoms with Crippen LogP contribution in [-0.4, -0.2) is 50.5 Å². The first-order valence-electron chi connectivity index (χ1n) is 11.4. The molecule has 182 valence electrons. The number of carbonyl (C=O) groups excluding carboxylic acids is 1. The van der Waals surface area contributed by atoms with Crippen LogP contribution in [0.4, 0.5) is 10.5 Å². The molecule has 0 bridgehead atoms. The highest BCUT2D eigenvalue weighted by atomic mass is 127. The largest absolute Gasteiger partial charge is 0.444 e. The number of amides is 1. The van der Waals surface area contributed by atoms with E-state index in [0.29, 0.717) is 5.41 Å². The monoisotopic (exact) mass is 560 g/mol.